The molecule has 2 aromatic heterocycles. The van der Waals surface area contributed by atoms with E-state index in [1.54, 1.807) is 32.2 Å². The smallest absolute Gasteiger partial charge is 0.271 e. The quantitative estimate of drug-likeness (QED) is 0.160. The zero-order valence-corrected chi connectivity index (χ0v) is 32.4. The lowest BCUT2D eigenvalue weighted by Gasteiger charge is -2.33. The summed E-state index contributed by atoms with van der Waals surface area (Å²) < 4.78 is 5.54. The van der Waals surface area contributed by atoms with Gasteiger partial charge in [0, 0.05) is 35.9 Å². The van der Waals surface area contributed by atoms with Crippen LogP contribution in [0.4, 0.5) is 0 Å². The number of carbonyl (C=O) groups is 7. The maximum absolute atomic E-state index is 14.1. The van der Waals surface area contributed by atoms with Gasteiger partial charge < -0.3 is 51.6 Å². The van der Waals surface area contributed by atoms with Crippen LogP contribution in [0.1, 0.15) is 68.1 Å². The Morgan fingerprint density at radius 3 is 2.45 bits per heavy atom. The van der Waals surface area contributed by atoms with Gasteiger partial charge in [-0.25, -0.2) is 4.98 Å². The fraction of sp³-hybridized carbons (Fsp3) is 0.444. The van der Waals surface area contributed by atoms with Gasteiger partial charge in [0.05, 0.1) is 32.3 Å². The molecule has 0 aliphatic carbocycles. The summed E-state index contributed by atoms with van der Waals surface area (Å²) in [5.74, 6) is -4.71. The van der Waals surface area contributed by atoms with Crippen LogP contribution in [0.15, 0.2) is 41.5 Å². The first-order chi connectivity index (χ1) is 26.0. The molecule has 7 amide bonds. The van der Waals surface area contributed by atoms with Crippen molar-refractivity contribution < 1.29 is 43.4 Å². The van der Waals surface area contributed by atoms with E-state index in [1.807, 2.05) is 6.07 Å². The number of allylic oxidation sites excluding steroid dienone is 1. The third-order valence-electron chi connectivity index (χ3n) is 9.18. The normalized spacial score (nSPS) is 24.2. The van der Waals surface area contributed by atoms with Crippen molar-refractivity contribution in [1.29, 1.82) is 0 Å². The van der Waals surface area contributed by atoms with Crippen LogP contribution in [-0.2, 0) is 35.2 Å². The number of aliphatic hydroxyl groups excluding tert-OH is 1. The van der Waals surface area contributed by atoms with Gasteiger partial charge in [-0.3, -0.25) is 33.6 Å². The zero-order valence-electron chi connectivity index (χ0n) is 31.6. The summed E-state index contributed by atoms with van der Waals surface area (Å²) >= 11 is 1.08. The Hall–Kier alpha value is -5.82. The number of benzene rings is 1. The number of likely N-dealkylation sites (N-methyl/N-ethyl adjacent to an activating group) is 1. The third-order valence-corrected chi connectivity index (χ3v) is 10.2. The second kappa shape index (κ2) is 18.0. The van der Waals surface area contributed by atoms with Crippen LogP contribution >= 0.6 is 11.3 Å². The van der Waals surface area contributed by atoms with Crippen LogP contribution < -0.4 is 36.6 Å². The molecule has 4 rings (SSSR count). The molecule has 5 atom stereocenters. The Bertz CT molecular complexity index is 1990. The topological polar surface area (TPSA) is 253 Å². The van der Waals surface area contributed by atoms with Crippen molar-refractivity contribution in [2.45, 2.75) is 77.2 Å². The number of hydrogen-bond acceptors (Lipinski definition) is 11. The van der Waals surface area contributed by atoms with Crippen molar-refractivity contribution in [3.63, 3.8) is 0 Å². The van der Waals surface area contributed by atoms with Crippen LogP contribution in [0.5, 0.6) is 5.75 Å². The highest BCUT2D eigenvalue weighted by Gasteiger charge is 2.42. The molecule has 19 heteroatoms. The zero-order chi connectivity index (χ0) is 40.6. The number of thiazole rings is 1. The van der Waals surface area contributed by atoms with Crippen molar-refractivity contribution >= 4 is 63.6 Å². The second-order valence-electron chi connectivity index (χ2n) is 13.2. The fourth-order valence-corrected chi connectivity index (χ4v) is 6.56. The van der Waals surface area contributed by atoms with Crippen molar-refractivity contribution in [3.05, 3.63) is 57.8 Å². The maximum atomic E-state index is 14.1. The minimum Gasteiger partial charge on any atom is -0.496 e. The molecule has 1 aliphatic rings. The SMILES string of the molecule is C/C=C1\NC(=O)[C@@H](CC)NC(=O)CNC(=O)[C@](C)([C@H](C)O)NC(=O)[C@H](Cc2c[nH]c3cccc(OC)c23)NC(=O)c2csc(n2)[C@@H](C)NC(=O)CN(C)C1=O. The van der Waals surface area contributed by atoms with E-state index < -0.39 is 77.7 Å². The Morgan fingerprint density at radius 2 is 1.80 bits per heavy atom. The first-order valence-corrected chi connectivity index (χ1v) is 18.4. The molecule has 296 valence electrons. The van der Waals surface area contributed by atoms with Crippen LogP contribution in [0, 0.1) is 0 Å². The van der Waals surface area contributed by atoms with Crippen LogP contribution in [0.3, 0.4) is 0 Å². The molecular weight excluding hydrogens is 735 g/mol. The molecule has 1 aliphatic heterocycles. The predicted molar refractivity (Wildman–Crippen MR) is 201 cm³/mol. The number of aliphatic hydroxyl groups is 1. The van der Waals surface area contributed by atoms with E-state index in [1.165, 1.54) is 46.4 Å². The highest BCUT2D eigenvalue weighted by Crippen LogP contribution is 2.29. The van der Waals surface area contributed by atoms with Crippen molar-refractivity contribution in [2.24, 2.45) is 0 Å². The Balaban J connectivity index is 1.71. The fourth-order valence-electron chi connectivity index (χ4n) is 5.75. The summed E-state index contributed by atoms with van der Waals surface area (Å²) in [7, 11) is 2.87. The van der Waals surface area contributed by atoms with Gasteiger partial charge in [-0.05, 0) is 51.8 Å². The highest BCUT2D eigenvalue weighted by atomic mass is 32.1. The van der Waals surface area contributed by atoms with E-state index in [9.17, 15) is 38.7 Å². The average Bonchev–Trinajstić information content (AvgIpc) is 3.82. The summed E-state index contributed by atoms with van der Waals surface area (Å²) in [4.78, 5) is 102. The molecule has 0 saturated heterocycles. The van der Waals surface area contributed by atoms with Gasteiger partial charge >= 0.3 is 0 Å². The molecular formula is C36H47N9O9S. The van der Waals surface area contributed by atoms with E-state index in [2.05, 4.69) is 41.9 Å². The number of aromatic amines is 1. The van der Waals surface area contributed by atoms with Crippen LogP contribution in [0.25, 0.3) is 10.9 Å². The number of nitrogens with zero attached hydrogens (tertiary/aromatic N) is 2. The minimum atomic E-state index is -2.01. The van der Waals surface area contributed by atoms with Gasteiger partial charge in [0.1, 0.15) is 39.8 Å². The summed E-state index contributed by atoms with van der Waals surface area (Å²) in [6.45, 7) is 6.29. The molecule has 3 aromatic rings. The average molecular weight is 782 g/mol. The third kappa shape index (κ3) is 9.84. The molecule has 8 N–H and O–H groups in total. The number of aromatic nitrogens is 2. The number of amides is 7. The van der Waals surface area contributed by atoms with Crippen molar-refractivity contribution in [1.82, 2.24) is 46.8 Å². The molecule has 18 nitrogen and oxygen atoms in total. The number of hydrogen-bond donors (Lipinski definition) is 8. The summed E-state index contributed by atoms with van der Waals surface area (Å²) in [5, 5.41) is 28.7. The standard InChI is InChI=1S/C36H47N9O9S/c1-8-21-30(49)41-22(9-2)34(52)45(6)16-28(48)39-18(3)33-43-25(17-55-33)31(50)42-24(13-20-14-37-23-11-10-12-26(54-7)29(20)23)32(51)44-36(5,19(4)46)35(53)38-15-27(47)40-21/h9-12,14,17-19,21,24,37,46H,8,13,15-16H2,1-7H3,(H,38,53)(H,39,48)(H,40,47)(H,41,49)(H,42,50)(H,44,51)/b22-9-/t18-,19+,21-,24+,36+/m1/s1. The summed E-state index contributed by atoms with van der Waals surface area (Å²) in [6.07, 6.45) is 1.54. The Kier molecular flexibility index (Phi) is 13.7. The first kappa shape index (κ1) is 41.9. The Morgan fingerprint density at radius 1 is 1.07 bits per heavy atom. The molecule has 3 heterocycles. The molecule has 2 bridgehead atoms. The Labute approximate surface area is 321 Å². The lowest BCUT2D eigenvalue weighted by atomic mass is 9.93. The molecule has 0 unspecified atom stereocenters. The monoisotopic (exact) mass is 781 g/mol. The van der Waals surface area contributed by atoms with Crippen LogP contribution in [0.2, 0.25) is 0 Å². The minimum absolute atomic E-state index is 0.0574. The molecule has 1 aromatic carbocycles. The lowest BCUT2D eigenvalue weighted by Crippen LogP contribution is -2.66. The van der Waals surface area contributed by atoms with E-state index in [4.69, 9.17) is 4.74 Å². The van der Waals surface area contributed by atoms with E-state index in [-0.39, 0.29) is 30.8 Å². The number of nitrogens with one attached hydrogen (secondary N) is 7. The largest absolute Gasteiger partial charge is 0.496 e. The van der Waals surface area contributed by atoms with E-state index >= 15 is 0 Å². The van der Waals surface area contributed by atoms with Crippen LogP contribution in [-0.4, -0.2) is 112 Å². The molecule has 55 heavy (non-hydrogen) atoms. The van der Waals surface area contributed by atoms with E-state index in [0.29, 0.717) is 27.2 Å². The maximum Gasteiger partial charge on any atom is 0.271 e. The molecule has 0 fully saturated rings. The number of H-pyrrole nitrogens is 1. The first-order valence-electron chi connectivity index (χ1n) is 17.5. The second-order valence-corrected chi connectivity index (χ2v) is 14.1. The van der Waals surface area contributed by atoms with Gasteiger partial charge in [-0.15, -0.1) is 11.3 Å². The predicted octanol–water partition coefficient (Wildman–Crippen LogP) is -0.0900. The summed E-state index contributed by atoms with van der Waals surface area (Å²) in [6, 6.07) is 2.19. The number of rotatable bonds is 5. The van der Waals surface area contributed by atoms with Gasteiger partial charge in [0.2, 0.25) is 29.5 Å². The van der Waals surface area contributed by atoms with Gasteiger partial charge in [0.25, 0.3) is 11.8 Å². The summed E-state index contributed by atoms with van der Waals surface area (Å²) in [5.41, 5.74) is -0.904. The number of carbonyl (C=O) groups excluding carboxylic acids is 7. The van der Waals surface area contributed by atoms with Gasteiger partial charge in [-0.1, -0.05) is 19.1 Å². The number of ether oxygens (including phenoxy) is 1. The lowest BCUT2D eigenvalue weighted by molar-refractivity contribution is -0.139. The highest BCUT2D eigenvalue weighted by molar-refractivity contribution is 7.09. The van der Waals surface area contributed by atoms with Crippen molar-refractivity contribution in [2.75, 3.05) is 27.2 Å². The molecule has 0 saturated carbocycles. The van der Waals surface area contributed by atoms with E-state index in [0.717, 1.165) is 16.2 Å². The number of methoxy groups -OCH3 is 1. The van der Waals surface area contributed by atoms with Gasteiger partial charge in [-0.2, -0.15) is 0 Å². The molecule has 0 radical (unpaired) electrons. The van der Waals surface area contributed by atoms with Gasteiger partial charge in [0.15, 0.2) is 0 Å². The molecule has 0 spiro atoms. The number of fused-ring (bicyclic) bond motifs is 3. The van der Waals surface area contributed by atoms with Crippen molar-refractivity contribution in [3.8, 4) is 5.75 Å².